The van der Waals surface area contributed by atoms with Crippen LogP contribution in [0.3, 0.4) is 0 Å². The largest absolute Gasteiger partial charge is 0.469 e. The molecule has 0 aromatic heterocycles. The fraction of sp³-hybridized carbons (Fsp3) is 0.742. The zero-order valence-electron chi connectivity index (χ0n) is 25.0. The minimum absolute atomic E-state index is 0.163. The maximum Gasteiger partial charge on any atom is 0.469 e. The average Bonchev–Trinajstić information content (AvgIpc) is 2.91. The molecule has 0 aromatic carbocycles. The zero-order chi connectivity index (χ0) is 29.7. The highest BCUT2D eigenvalue weighted by Crippen LogP contribution is 2.35. The van der Waals surface area contributed by atoms with E-state index in [1.165, 1.54) is 38.5 Å². The van der Waals surface area contributed by atoms with E-state index >= 15 is 0 Å². The van der Waals surface area contributed by atoms with Gasteiger partial charge in [0.1, 0.15) is 6.61 Å². The molecular weight excluding hydrogens is 531 g/mol. The lowest BCUT2D eigenvalue weighted by atomic mass is 10.1. The van der Waals surface area contributed by atoms with Crippen LogP contribution in [-0.2, 0) is 28.2 Å². The maximum absolute atomic E-state index is 12.2. The summed E-state index contributed by atoms with van der Waals surface area (Å²) < 4.78 is 26.0. The maximum atomic E-state index is 12.2. The van der Waals surface area contributed by atoms with E-state index in [-0.39, 0.29) is 19.4 Å². The van der Waals surface area contributed by atoms with Crippen molar-refractivity contribution < 1.29 is 37.9 Å². The average molecular weight is 587 g/mol. The number of phosphoric acid groups is 1. The van der Waals surface area contributed by atoms with Gasteiger partial charge in [-0.05, 0) is 51.4 Å². The van der Waals surface area contributed by atoms with E-state index in [0.29, 0.717) is 6.42 Å². The van der Waals surface area contributed by atoms with Crippen LogP contribution in [0.2, 0.25) is 0 Å². The first kappa shape index (κ1) is 38.3. The third kappa shape index (κ3) is 29.3. The molecule has 0 fully saturated rings. The van der Waals surface area contributed by atoms with Crippen LogP contribution in [0.15, 0.2) is 36.5 Å². The standard InChI is InChI=1S/C31H55O8P/c1-3-5-7-9-11-12-13-14-15-16-17-18-20-22-24-26-31(33)39-29(28-38-40(34,35)36)27-37-30(32)25-23-21-19-10-8-6-4-2/h11-12,14-15,17-18,29H,3-10,13,16,19-28H2,1-2H3,(H2,34,35,36)/b12-11+,15-14+,18-17+/t29-/m1/s1. The van der Waals surface area contributed by atoms with Gasteiger partial charge in [0, 0.05) is 12.8 Å². The topological polar surface area (TPSA) is 119 Å². The van der Waals surface area contributed by atoms with Gasteiger partial charge in [-0.2, -0.15) is 0 Å². The van der Waals surface area contributed by atoms with E-state index < -0.39 is 32.5 Å². The van der Waals surface area contributed by atoms with Crippen molar-refractivity contribution in [3.8, 4) is 0 Å². The molecule has 0 unspecified atom stereocenters. The van der Waals surface area contributed by atoms with Crippen LogP contribution in [0.25, 0.3) is 0 Å². The van der Waals surface area contributed by atoms with E-state index in [1.807, 2.05) is 0 Å². The molecule has 0 radical (unpaired) electrons. The Bertz CT molecular complexity index is 756. The predicted molar refractivity (Wildman–Crippen MR) is 161 cm³/mol. The van der Waals surface area contributed by atoms with Crippen molar-refractivity contribution in [2.45, 2.75) is 136 Å². The lowest BCUT2D eigenvalue weighted by Crippen LogP contribution is -2.29. The lowest BCUT2D eigenvalue weighted by Gasteiger charge is -2.18. The van der Waals surface area contributed by atoms with Crippen molar-refractivity contribution in [3.63, 3.8) is 0 Å². The van der Waals surface area contributed by atoms with Crippen LogP contribution in [0.4, 0.5) is 0 Å². The van der Waals surface area contributed by atoms with Gasteiger partial charge in [-0.25, -0.2) is 4.57 Å². The summed E-state index contributed by atoms with van der Waals surface area (Å²) in [5.74, 6) is -0.941. The van der Waals surface area contributed by atoms with Gasteiger partial charge in [0.15, 0.2) is 6.10 Å². The van der Waals surface area contributed by atoms with Crippen LogP contribution in [0, 0.1) is 0 Å². The SMILES string of the molecule is CCCCC/C=C/C/C=C/C/C=C/CCCCC(=O)O[C@H](COC(=O)CCCCCCCCC)COP(=O)(O)O. The summed E-state index contributed by atoms with van der Waals surface area (Å²) in [6.45, 7) is 3.53. The van der Waals surface area contributed by atoms with Gasteiger partial charge in [0.05, 0.1) is 6.61 Å². The summed E-state index contributed by atoms with van der Waals surface area (Å²) >= 11 is 0. The van der Waals surface area contributed by atoms with Crippen LogP contribution < -0.4 is 0 Å². The number of allylic oxidation sites excluding steroid dienone is 6. The Morgan fingerprint density at radius 3 is 1.73 bits per heavy atom. The van der Waals surface area contributed by atoms with Gasteiger partial charge in [-0.1, -0.05) is 102 Å². The van der Waals surface area contributed by atoms with Gasteiger partial charge >= 0.3 is 19.8 Å². The van der Waals surface area contributed by atoms with Crippen molar-refractivity contribution in [1.82, 2.24) is 0 Å². The van der Waals surface area contributed by atoms with Crippen molar-refractivity contribution >= 4 is 19.8 Å². The van der Waals surface area contributed by atoms with Gasteiger partial charge in [-0.3, -0.25) is 14.1 Å². The first-order chi connectivity index (χ1) is 19.3. The third-order valence-electron chi connectivity index (χ3n) is 6.16. The molecule has 0 aliphatic carbocycles. The second-order valence-electron chi connectivity index (χ2n) is 10.1. The summed E-state index contributed by atoms with van der Waals surface area (Å²) in [6, 6.07) is 0. The summed E-state index contributed by atoms with van der Waals surface area (Å²) in [4.78, 5) is 42.2. The number of ether oxygens (including phenoxy) is 2. The molecule has 1 atom stereocenters. The number of carbonyl (C=O) groups excluding carboxylic acids is 2. The molecule has 232 valence electrons. The Morgan fingerprint density at radius 1 is 0.650 bits per heavy atom. The zero-order valence-corrected chi connectivity index (χ0v) is 25.9. The number of esters is 2. The predicted octanol–water partition coefficient (Wildman–Crippen LogP) is 8.28. The van der Waals surface area contributed by atoms with Crippen LogP contribution in [0.1, 0.15) is 129 Å². The first-order valence-corrected chi connectivity index (χ1v) is 16.8. The third-order valence-corrected chi connectivity index (χ3v) is 6.65. The van der Waals surface area contributed by atoms with E-state index in [4.69, 9.17) is 19.3 Å². The molecule has 0 heterocycles. The molecule has 8 nitrogen and oxygen atoms in total. The molecule has 9 heteroatoms. The first-order valence-electron chi connectivity index (χ1n) is 15.3. The minimum Gasteiger partial charge on any atom is -0.462 e. The minimum atomic E-state index is -4.75. The molecule has 0 bridgehead atoms. The van der Waals surface area contributed by atoms with Crippen molar-refractivity contribution in [1.29, 1.82) is 0 Å². The Balaban J connectivity index is 4.14. The van der Waals surface area contributed by atoms with Crippen LogP contribution in [-0.4, -0.2) is 41.0 Å². The molecule has 0 saturated carbocycles. The second kappa shape index (κ2) is 27.4. The summed E-state index contributed by atoms with van der Waals surface area (Å²) in [7, 11) is -4.75. The van der Waals surface area contributed by atoms with E-state index in [0.717, 1.165) is 57.8 Å². The van der Waals surface area contributed by atoms with Gasteiger partial charge in [-0.15, -0.1) is 0 Å². The fourth-order valence-electron chi connectivity index (χ4n) is 3.85. The lowest BCUT2D eigenvalue weighted by molar-refractivity contribution is -0.161. The monoisotopic (exact) mass is 586 g/mol. The number of carbonyl (C=O) groups is 2. The smallest absolute Gasteiger partial charge is 0.462 e. The molecule has 0 aliphatic rings. The summed E-state index contributed by atoms with van der Waals surface area (Å²) in [6.07, 6.45) is 28.9. The number of unbranched alkanes of at least 4 members (excludes halogenated alkanes) is 11. The highest BCUT2D eigenvalue weighted by molar-refractivity contribution is 7.46. The molecular formula is C31H55O8P. The van der Waals surface area contributed by atoms with Gasteiger partial charge in [0.2, 0.25) is 0 Å². The molecule has 0 rings (SSSR count). The molecule has 0 saturated heterocycles. The van der Waals surface area contributed by atoms with E-state index in [1.54, 1.807) is 0 Å². The van der Waals surface area contributed by atoms with E-state index in [2.05, 4.69) is 54.8 Å². The Hall–Kier alpha value is -1.73. The molecule has 2 N–H and O–H groups in total. The van der Waals surface area contributed by atoms with Gasteiger partial charge < -0.3 is 19.3 Å². The summed E-state index contributed by atoms with van der Waals surface area (Å²) in [5.41, 5.74) is 0. The Morgan fingerprint density at radius 2 is 1.12 bits per heavy atom. The van der Waals surface area contributed by atoms with Crippen molar-refractivity contribution in [2.24, 2.45) is 0 Å². The number of rotatable bonds is 27. The Labute approximate surface area is 242 Å². The van der Waals surface area contributed by atoms with Crippen LogP contribution in [0.5, 0.6) is 0 Å². The quantitative estimate of drug-likeness (QED) is 0.0427. The number of phosphoric ester groups is 1. The van der Waals surface area contributed by atoms with E-state index in [9.17, 15) is 14.2 Å². The molecule has 0 aromatic rings. The summed E-state index contributed by atoms with van der Waals surface area (Å²) in [5, 5.41) is 0. The molecule has 0 spiro atoms. The van der Waals surface area contributed by atoms with Gasteiger partial charge in [0.25, 0.3) is 0 Å². The fourth-order valence-corrected chi connectivity index (χ4v) is 4.21. The number of hydrogen-bond donors (Lipinski definition) is 2. The normalized spacial score (nSPS) is 13.0. The van der Waals surface area contributed by atoms with Crippen LogP contribution >= 0.6 is 7.82 Å². The highest BCUT2D eigenvalue weighted by atomic mass is 31.2. The molecule has 0 amide bonds. The Kier molecular flexibility index (Phi) is 26.3. The number of hydrogen-bond acceptors (Lipinski definition) is 6. The van der Waals surface area contributed by atoms with Crippen molar-refractivity contribution in [2.75, 3.05) is 13.2 Å². The highest BCUT2D eigenvalue weighted by Gasteiger charge is 2.22. The molecule has 40 heavy (non-hydrogen) atoms. The van der Waals surface area contributed by atoms with Crippen molar-refractivity contribution in [3.05, 3.63) is 36.5 Å². The second-order valence-corrected chi connectivity index (χ2v) is 11.3. The molecule has 0 aliphatic heterocycles.